The van der Waals surface area contributed by atoms with Gasteiger partial charge >= 0.3 is 15.0 Å². The molecule has 7 heteroatoms. The molecule has 3 nitrogen and oxygen atoms in total. The van der Waals surface area contributed by atoms with Crippen molar-refractivity contribution in [3.05, 3.63) is 0 Å². The smallest absolute Gasteiger partial charge is 0.377 e. The van der Waals surface area contributed by atoms with Crippen molar-refractivity contribution in [1.82, 2.24) is 0 Å². The Bertz CT molecular complexity index is 175. The molecule has 0 fully saturated rings. The molecular weight excluding hydrogens is 241 g/mol. The summed E-state index contributed by atoms with van der Waals surface area (Å²) >= 11 is 0. The number of unbranched alkanes of at least 4 members (excludes halogenated alkanes) is 2. The van der Waals surface area contributed by atoms with Crippen molar-refractivity contribution in [3.63, 3.8) is 0 Å². The van der Waals surface area contributed by atoms with Crippen molar-refractivity contribution in [1.29, 1.82) is 0 Å². The largest absolute Gasteiger partial charge is 0.500 e. The second-order valence-corrected chi connectivity index (χ2v) is 6.56. The van der Waals surface area contributed by atoms with Crippen molar-refractivity contribution in [3.8, 4) is 0 Å². The van der Waals surface area contributed by atoms with E-state index in [2.05, 4.69) is 0 Å². The Balaban J connectivity index is 3.71. The van der Waals surface area contributed by atoms with Crippen molar-refractivity contribution in [2.24, 2.45) is 0 Å². The zero-order valence-electron chi connectivity index (χ0n) is 9.89. The van der Waals surface area contributed by atoms with Crippen molar-refractivity contribution < 1.29 is 26.4 Å². The fourth-order valence-electron chi connectivity index (χ4n) is 1.40. The molecule has 0 unspecified atom stereocenters. The summed E-state index contributed by atoms with van der Waals surface area (Å²) in [6.45, 7) is 0. The highest BCUT2D eigenvalue weighted by Gasteiger charge is 2.36. The molecule has 16 heavy (non-hydrogen) atoms. The molecule has 0 bridgehead atoms. The molecule has 0 rings (SSSR count). The Labute approximate surface area is 95.2 Å². The van der Waals surface area contributed by atoms with Crippen molar-refractivity contribution in [2.45, 2.75) is 37.9 Å². The van der Waals surface area contributed by atoms with Crippen LogP contribution < -0.4 is 0 Å². The minimum absolute atomic E-state index is 0.144. The molecule has 98 valence electrons. The summed E-state index contributed by atoms with van der Waals surface area (Å²) in [5, 5.41) is 0. The third-order valence-electron chi connectivity index (χ3n) is 2.38. The number of hydrogen-bond acceptors (Lipinski definition) is 3. The lowest BCUT2D eigenvalue weighted by Crippen LogP contribution is -2.42. The van der Waals surface area contributed by atoms with Gasteiger partial charge in [-0.2, -0.15) is 13.2 Å². The van der Waals surface area contributed by atoms with E-state index in [1.807, 2.05) is 0 Å². The van der Waals surface area contributed by atoms with E-state index >= 15 is 0 Å². The van der Waals surface area contributed by atoms with Gasteiger partial charge in [0.25, 0.3) is 0 Å². The molecule has 0 aromatic rings. The molecule has 0 aromatic carbocycles. The van der Waals surface area contributed by atoms with E-state index in [1.54, 1.807) is 0 Å². The Hall–Kier alpha value is -0.113. The van der Waals surface area contributed by atoms with Crippen LogP contribution >= 0.6 is 0 Å². The Morgan fingerprint density at radius 1 is 0.875 bits per heavy atom. The molecule has 0 atom stereocenters. The van der Waals surface area contributed by atoms with Gasteiger partial charge in [0.05, 0.1) is 0 Å². The van der Waals surface area contributed by atoms with Gasteiger partial charge in [-0.3, -0.25) is 0 Å². The molecule has 0 N–H and O–H groups in total. The quantitative estimate of drug-likeness (QED) is 0.496. The first kappa shape index (κ1) is 15.9. The lowest BCUT2D eigenvalue weighted by Gasteiger charge is -2.24. The third-order valence-corrected chi connectivity index (χ3v) is 5.21. The van der Waals surface area contributed by atoms with Gasteiger partial charge in [-0.1, -0.05) is 6.42 Å². The molecule has 0 aliphatic rings. The SMILES string of the molecule is CO[Si](CCCCCC(F)(F)F)(OC)OC. The molecule has 0 saturated carbocycles. The maximum atomic E-state index is 11.8. The summed E-state index contributed by atoms with van der Waals surface area (Å²) in [5.41, 5.74) is 0. The van der Waals surface area contributed by atoms with E-state index in [4.69, 9.17) is 13.3 Å². The van der Waals surface area contributed by atoms with Crippen LogP contribution in [0.3, 0.4) is 0 Å². The standard InChI is InChI=1S/C9H19F3O3Si/c1-13-16(14-2,15-3)8-6-4-5-7-9(10,11)12/h4-8H2,1-3H3. The second-order valence-electron chi connectivity index (χ2n) is 3.47. The van der Waals surface area contributed by atoms with Crippen LogP contribution in [0.4, 0.5) is 13.2 Å². The van der Waals surface area contributed by atoms with Crippen LogP contribution in [-0.2, 0) is 13.3 Å². The Morgan fingerprint density at radius 3 is 1.75 bits per heavy atom. The molecule has 0 aliphatic carbocycles. The number of rotatable bonds is 8. The highest BCUT2D eigenvalue weighted by molar-refractivity contribution is 6.60. The zero-order chi connectivity index (χ0) is 12.7. The summed E-state index contributed by atoms with van der Waals surface area (Å²) in [7, 11) is 1.89. The van der Waals surface area contributed by atoms with Crippen molar-refractivity contribution in [2.75, 3.05) is 21.3 Å². The van der Waals surface area contributed by atoms with Gasteiger partial charge in [0, 0.05) is 33.8 Å². The van der Waals surface area contributed by atoms with E-state index in [0.717, 1.165) is 0 Å². The number of hydrogen-bond donors (Lipinski definition) is 0. The van der Waals surface area contributed by atoms with Gasteiger partial charge in [-0.15, -0.1) is 0 Å². The Kier molecular flexibility index (Phi) is 7.21. The monoisotopic (exact) mass is 260 g/mol. The summed E-state index contributed by atoms with van der Waals surface area (Å²) in [6.07, 6.45) is -3.51. The molecule has 0 heterocycles. The van der Waals surface area contributed by atoms with Crippen molar-refractivity contribution >= 4 is 8.80 Å². The molecular formula is C9H19F3O3Si. The van der Waals surface area contributed by atoms with Crippen LogP contribution in [0.25, 0.3) is 0 Å². The van der Waals surface area contributed by atoms with E-state index in [0.29, 0.717) is 18.9 Å². The predicted molar refractivity (Wildman–Crippen MR) is 56.1 cm³/mol. The second kappa shape index (κ2) is 7.26. The lowest BCUT2D eigenvalue weighted by atomic mass is 10.2. The van der Waals surface area contributed by atoms with Gasteiger partial charge in [-0.05, 0) is 12.8 Å². The zero-order valence-corrected chi connectivity index (χ0v) is 10.9. The number of halogens is 3. The third kappa shape index (κ3) is 6.47. The summed E-state index contributed by atoms with van der Waals surface area (Å²) in [5.74, 6) is 0. The lowest BCUT2D eigenvalue weighted by molar-refractivity contribution is -0.135. The highest BCUT2D eigenvalue weighted by Crippen LogP contribution is 2.24. The van der Waals surface area contributed by atoms with Gasteiger partial charge in [0.2, 0.25) is 0 Å². The van der Waals surface area contributed by atoms with E-state index in [9.17, 15) is 13.2 Å². The average Bonchev–Trinajstić information content (AvgIpc) is 2.23. The average molecular weight is 260 g/mol. The normalized spacial score (nSPS) is 13.1. The fourth-order valence-corrected chi connectivity index (χ4v) is 3.20. The Morgan fingerprint density at radius 2 is 1.38 bits per heavy atom. The maximum Gasteiger partial charge on any atom is 0.500 e. The van der Waals surface area contributed by atoms with E-state index in [1.165, 1.54) is 21.3 Å². The van der Waals surface area contributed by atoms with Gasteiger partial charge < -0.3 is 13.3 Å². The van der Waals surface area contributed by atoms with Crippen LogP contribution in [0.1, 0.15) is 25.7 Å². The first-order valence-corrected chi connectivity index (χ1v) is 7.04. The fraction of sp³-hybridized carbons (Fsp3) is 1.00. The van der Waals surface area contributed by atoms with Crippen LogP contribution in [-0.4, -0.2) is 36.3 Å². The van der Waals surface area contributed by atoms with Crippen LogP contribution in [0.15, 0.2) is 0 Å². The van der Waals surface area contributed by atoms with Crippen LogP contribution in [0, 0.1) is 0 Å². The molecule has 0 aromatic heterocycles. The predicted octanol–water partition coefficient (Wildman–Crippen LogP) is 2.99. The molecule has 0 spiro atoms. The highest BCUT2D eigenvalue weighted by atomic mass is 28.4. The minimum atomic E-state index is -4.06. The van der Waals surface area contributed by atoms with Crippen LogP contribution in [0.5, 0.6) is 0 Å². The summed E-state index contributed by atoms with van der Waals surface area (Å²) in [4.78, 5) is 0. The van der Waals surface area contributed by atoms with Crippen LogP contribution in [0.2, 0.25) is 6.04 Å². The van der Waals surface area contributed by atoms with E-state index < -0.39 is 21.4 Å². The van der Waals surface area contributed by atoms with Gasteiger partial charge in [0.1, 0.15) is 0 Å². The molecule has 0 amide bonds. The first-order valence-electron chi connectivity index (χ1n) is 5.11. The van der Waals surface area contributed by atoms with E-state index in [-0.39, 0.29) is 6.42 Å². The molecule has 0 saturated heterocycles. The first-order chi connectivity index (χ1) is 7.39. The summed E-state index contributed by atoms with van der Waals surface area (Å²) in [6, 6.07) is 0.550. The topological polar surface area (TPSA) is 27.7 Å². The molecule has 0 aliphatic heterocycles. The number of alkyl halides is 3. The molecule has 0 radical (unpaired) electrons. The summed E-state index contributed by atoms with van der Waals surface area (Å²) < 4.78 is 51.0. The van der Waals surface area contributed by atoms with Gasteiger partial charge in [0.15, 0.2) is 0 Å². The minimum Gasteiger partial charge on any atom is -0.377 e. The maximum absolute atomic E-state index is 11.8. The van der Waals surface area contributed by atoms with Gasteiger partial charge in [-0.25, -0.2) is 0 Å².